The van der Waals surface area contributed by atoms with Crippen molar-refractivity contribution in [1.29, 1.82) is 0 Å². The molecular weight excluding hydrogens is 208 g/mol. The first kappa shape index (κ1) is 9.46. The summed E-state index contributed by atoms with van der Waals surface area (Å²) in [7, 11) is 0. The quantitative estimate of drug-likeness (QED) is 0.765. The van der Waals surface area contributed by atoms with Gasteiger partial charge in [-0.2, -0.15) is 11.8 Å². The molecule has 4 heteroatoms. The number of fused-ring (bicyclic) bond motifs is 1. The van der Waals surface area contributed by atoms with E-state index in [2.05, 4.69) is 9.97 Å². The summed E-state index contributed by atoms with van der Waals surface area (Å²) in [5, 5.41) is 0. The van der Waals surface area contributed by atoms with Crippen LogP contribution in [0.15, 0.2) is 6.33 Å². The summed E-state index contributed by atoms with van der Waals surface area (Å²) in [6.45, 7) is 0. The van der Waals surface area contributed by atoms with Crippen LogP contribution in [0.3, 0.4) is 0 Å². The summed E-state index contributed by atoms with van der Waals surface area (Å²) < 4.78 is 5.95. The molecule has 80 valence electrons. The van der Waals surface area contributed by atoms with E-state index < -0.39 is 0 Å². The van der Waals surface area contributed by atoms with Crippen molar-refractivity contribution in [2.24, 2.45) is 0 Å². The van der Waals surface area contributed by atoms with Gasteiger partial charge in [-0.05, 0) is 31.4 Å². The van der Waals surface area contributed by atoms with Crippen molar-refractivity contribution in [2.75, 3.05) is 11.5 Å². The SMILES string of the molecule is c1nc2c(c(OC3CCSC3)n1)CCC2. The third-order valence-electron chi connectivity index (χ3n) is 3.00. The van der Waals surface area contributed by atoms with Gasteiger partial charge in [0.2, 0.25) is 5.88 Å². The lowest BCUT2D eigenvalue weighted by Crippen LogP contribution is -2.16. The second kappa shape index (κ2) is 4.00. The molecule has 1 aromatic rings. The molecule has 1 aliphatic carbocycles. The zero-order chi connectivity index (χ0) is 10.1. The molecule has 1 fully saturated rings. The van der Waals surface area contributed by atoms with E-state index in [1.807, 2.05) is 11.8 Å². The molecule has 0 amide bonds. The highest BCUT2D eigenvalue weighted by atomic mass is 32.2. The maximum Gasteiger partial charge on any atom is 0.220 e. The van der Waals surface area contributed by atoms with Gasteiger partial charge in [0.05, 0.1) is 5.69 Å². The number of hydrogen-bond donors (Lipinski definition) is 0. The van der Waals surface area contributed by atoms with Crippen molar-refractivity contribution in [3.63, 3.8) is 0 Å². The zero-order valence-corrected chi connectivity index (χ0v) is 9.42. The molecule has 0 aromatic carbocycles. The van der Waals surface area contributed by atoms with E-state index in [4.69, 9.17) is 4.74 Å². The lowest BCUT2D eigenvalue weighted by Gasteiger charge is -2.13. The van der Waals surface area contributed by atoms with Gasteiger partial charge >= 0.3 is 0 Å². The Morgan fingerprint density at radius 2 is 2.33 bits per heavy atom. The maximum absolute atomic E-state index is 5.95. The predicted octanol–water partition coefficient (Wildman–Crippen LogP) is 1.85. The molecule has 1 aliphatic heterocycles. The van der Waals surface area contributed by atoms with Gasteiger partial charge < -0.3 is 4.74 Å². The fourth-order valence-electron chi connectivity index (χ4n) is 2.19. The Balaban J connectivity index is 1.82. The number of hydrogen-bond acceptors (Lipinski definition) is 4. The van der Waals surface area contributed by atoms with Crippen LogP contribution >= 0.6 is 11.8 Å². The van der Waals surface area contributed by atoms with Crippen molar-refractivity contribution < 1.29 is 4.74 Å². The van der Waals surface area contributed by atoms with Crippen LogP contribution in [0.25, 0.3) is 0 Å². The zero-order valence-electron chi connectivity index (χ0n) is 8.61. The highest BCUT2D eigenvalue weighted by Gasteiger charge is 2.22. The normalized spacial score (nSPS) is 24.1. The molecule has 3 rings (SSSR count). The Morgan fingerprint density at radius 3 is 3.20 bits per heavy atom. The number of ether oxygens (including phenoxy) is 1. The minimum absolute atomic E-state index is 0.370. The number of aryl methyl sites for hydroxylation is 1. The van der Waals surface area contributed by atoms with Crippen LogP contribution in [0.5, 0.6) is 5.88 Å². The molecule has 1 aromatic heterocycles. The van der Waals surface area contributed by atoms with E-state index in [1.165, 1.54) is 23.4 Å². The first-order valence-corrected chi connectivity index (χ1v) is 6.66. The molecule has 1 unspecified atom stereocenters. The smallest absolute Gasteiger partial charge is 0.220 e. The highest BCUT2D eigenvalue weighted by Crippen LogP contribution is 2.29. The predicted molar refractivity (Wildman–Crippen MR) is 60.4 cm³/mol. The van der Waals surface area contributed by atoms with Crippen molar-refractivity contribution in [3.8, 4) is 5.88 Å². The van der Waals surface area contributed by atoms with Crippen LogP contribution < -0.4 is 4.74 Å². The third kappa shape index (κ3) is 1.83. The fraction of sp³-hybridized carbons (Fsp3) is 0.636. The van der Waals surface area contributed by atoms with Gasteiger partial charge in [0.15, 0.2) is 0 Å². The lowest BCUT2D eigenvalue weighted by molar-refractivity contribution is 0.217. The fourth-order valence-corrected chi connectivity index (χ4v) is 3.29. The number of thioether (sulfide) groups is 1. The minimum Gasteiger partial charge on any atom is -0.473 e. The molecule has 0 spiro atoms. The maximum atomic E-state index is 5.95. The monoisotopic (exact) mass is 222 g/mol. The van der Waals surface area contributed by atoms with E-state index in [1.54, 1.807) is 6.33 Å². The molecular formula is C11H14N2OS. The second-order valence-corrected chi connectivity index (χ2v) is 5.21. The van der Waals surface area contributed by atoms with E-state index in [0.717, 1.165) is 30.9 Å². The molecule has 0 bridgehead atoms. The summed E-state index contributed by atoms with van der Waals surface area (Å²) in [6, 6.07) is 0. The van der Waals surface area contributed by atoms with Crippen molar-refractivity contribution in [2.45, 2.75) is 31.8 Å². The molecule has 2 heterocycles. The second-order valence-electron chi connectivity index (χ2n) is 4.06. The van der Waals surface area contributed by atoms with Gasteiger partial charge in [0.1, 0.15) is 12.4 Å². The topological polar surface area (TPSA) is 35.0 Å². The number of aromatic nitrogens is 2. The van der Waals surface area contributed by atoms with E-state index >= 15 is 0 Å². The van der Waals surface area contributed by atoms with Crippen LogP contribution in [-0.4, -0.2) is 27.6 Å². The molecule has 2 aliphatic rings. The number of nitrogens with zero attached hydrogens (tertiary/aromatic N) is 2. The summed E-state index contributed by atoms with van der Waals surface area (Å²) in [6.07, 6.45) is 6.54. The van der Waals surface area contributed by atoms with E-state index in [9.17, 15) is 0 Å². The van der Waals surface area contributed by atoms with Crippen LogP contribution in [0, 0.1) is 0 Å². The molecule has 0 saturated carbocycles. The van der Waals surface area contributed by atoms with Crippen LogP contribution in [0.2, 0.25) is 0 Å². The summed E-state index contributed by atoms with van der Waals surface area (Å²) in [5.41, 5.74) is 2.46. The van der Waals surface area contributed by atoms with Gasteiger partial charge in [-0.25, -0.2) is 9.97 Å². The Labute approximate surface area is 93.7 Å². The van der Waals surface area contributed by atoms with E-state index in [-0.39, 0.29) is 0 Å². The van der Waals surface area contributed by atoms with Gasteiger partial charge in [-0.15, -0.1) is 0 Å². The average molecular weight is 222 g/mol. The summed E-state index contributed by atoms with van der Waals surface area (Å²) >= 11 is 1.97. The first-order valence-electron chi connectivity index (χ1n) is 5.50. The molecule has 3 nitrogen and oxygen atoms in total. The van der Waals surface area contributed by atoms with Crippen molar-refractivity contribution >= 4 is 11.8 Å². The summed E-state index contributed by atoms with van der Waals surface area (Å²) in [4.78, 5) is 8.57. The van der Waals surface area contributed by atoms with Gasteiger partial charge in [0, 0.05) is 11.3 Å². The van der Waals surface area contributed by atoms with Crippen LogP contribution in [0.4, 0.5) is 0 Å². The molecule has 0 N–H and O–H groups in total. The van der Waals surface area contributed by atoms with Gasteiger partial charge in [-0.3, -0.25) is 0 Å². The van der Waals surface area contributed by atoms with Gasteiger partial charge in [0.25, 0.3) is 0 Å². The van der Waals surface area contributed by atoms with Gasteiger partial charge in [-0.1, -0.05) is 0 Å². The van der Waals surface area contributed by atoms with Crippen molar-refractivity contribution in [3.05, 3.63) is 17.6 Å². The average Bonchev–Trinajstić information content (AvgIpc) is 2.87. The molecule has 0 radical (unpaired) electrons. The number of rotatable bonds is 2. The lowest BCUT2D eigenvalue weighted by atomic mass is 10.2. The Morgan fingerprint density at radius 1 is 1.33 bits per heavy atom. The summed E-state index contributed by atoms with van der Waals surface area (Å²) in [5.74, 6) is 3.18. The molecule has 15 heavy (non-hydrogen) atoms. The Bertz CT molecular complexity index is 364. The molecule has 1 atom stereocenters. The first-order chi connectivity index (χ1) is 7.43. The largest absolute Gasteiger partial charge is 0.473 e. The van der Waals surface area contributed by atoms with Crippen LogP contribution in [0.1, 0.15) is 24.1 Å². The van der Waals surface area contributed by atoms with Crippen LogP contribution in [-0.2, 0) is 12.8 Å². The minimum atomic E-state index is 0.370. The Kier molecular flexibility index (Phi) is 2.52. The standard InChI is InChI=1S/C11H14N2OS/c1-2-9-10(3-1)12-7-13-11(9)14-8-4-5-15-6-8/h7-8H,1-6H2. The van der Waals surface area contributed by atoms with Crippen molar-refractivity contribution in [1.82, 2.24) is 9.97 Å². The third-order valence-corrected chi connectivity index (χ3v) is 4.13. The van der Waals surface area contributed by atoms with E-state index in [0.29, 0.717) is 6.10 Å². The Hall–Kier alpha value is -0.770. The highest BCUT2D eigenvalue weighted by molar-refractivity contribution is 7.99. The molecule has 1 saturated heterocycles.